The van der Waals surface area contributed by atoms with Gasteiger partial charge in [-0.15, -0.1) is 0 Å². The zero-order valence-corrected chi connectivity index (χ0v) is 20.0. The first kappa shape index (κ1) is 24.6. The van der Waals surface area contributed by atoms with Crippen molar-refractivity contribution < 1.29 is 19.4 Å². The van der Waals surface area contributed by atoms with Crippen LogP contribution < -0.4 is 15.4 Å². The van der Waals surface area contributed by atoms with Gasteiger partial charge in [0.15, 0.2) is 0 Å². The standard InChI is InChI=1S/C26H27ClN4O4/c1-16(32)19-7-10-23(22(27)11-19)35-21-8-5-17(6-9-21)12-30-26(34)24(18-3-2-4-18)31-25(33)20-13-28-15-29-14-20/h5-11,13-16,18,24,32H,2-4,12H2,1H3,(H,30,34)(H,31,33)/t16?,24-/m0/s1. The third kappa shape index (κ3) is 6.35. The molecule has 1 aliphatic carbocycles. The summed E-state index contributed by atoms with van der Waals surface area (Å²) in [6.07, 6.45) is 6.44. The molecule has 8 nitrogen and oxygen atoms in total. The molecule has 182 valence electrons. The zero-order valence-electron chi connectivity index (χ0n) is 19.3. The van der Waals surface area contributed by atoms with Crippen LogP contribution in [0.4, 0.5) is 0 Å². The quantitative estimate of drug-likeness (QED) is 0.411. The highest BCUT2D eigenvalue weighted by Gasteiger charge is 2.34. The Morgan fingerprint density at radius 3 is 2.46 bits per heavy atom. The highest BCUT2D eigenvalue weighted by molar-refractivity contribution is 6.32. The predicted molar refractivity (Wildman–Crippen MR) is 131 cm³/mol. The van der Waals surface area contributed by atoms with Gasteiger partial charge >= 0.3 is 0 Å². The van der Waals surface area contributed by atoms with E-state index in [-0.39, 0.29) is 17.7 Å². The molecule has 1 fully saturated rings. The molecule has 2 atom stereocenters. The molecule has 0 radical (unpaired) electrons. The van der Waals surface area contributed by atoms with Crippen molar-refractivity contribution in [2.45, 2.75) is 44.9 Å². The summed E-state index contributed by atoms with van der Waals surface area (Å²) < 4.78 is 5.84. The van der Waals surface area contributed by atoms with Gasteiger partial charge in [0.05, 0.1) is 16.7 Å². The fourth-order valence-corrected chi connectivity index (χ4v) is 4.00. The molecule has 0 spiro atoms. The van der Waals surface area contributed by atoms with E-state index in [0.717, 1.165) is 24.8 Å². The number of hydrogen-bond acceptors (Lipinski definition) is 6. The normalized spacial score (nSPS) is 14.9. The van der Waals surface area contributed by atoms with Crippen LogP contribution in [-0.4, -0.2) is 32.9 Å². The molecule has 3 aromatic rings. The molecule has 1 aromatic heterocycles. The van der Waals surface area contributed by atoms with Gasteiger partial charge in [0.25, 0.3) is 5.91 Å². The maximum atomic E-state index is 12.9. The zero-order chi connectivity index (χ0) is 24.8. The van der Waals surface area contributed by atoms with E-state index in [2.05, 4.69) is 20.6 Å². The average molecular weight is 495 g/mol. The predicted octanol–water partition coefficient (Wildman–Crippen LogP) is 4.19. The van der Waals surface area contributed by atoms with Gasteiger partial charge in [-0.2, -0.15) is 0 Å². The molecular formula is C26H27ClN4O4. The minimum Gasteiger partial charge on any atom is -0.456 e. The van der Waals surface area contributed by atoms with Crippen molar-refractivity contribution in [2.24, 2.45) is 5.92 Å². The van der Waals surface area contributed by atoms with Gasteiger partial charge in [-0.3, -0.25) is 9.59 Å². The van der Waals surface area contributed by atoms with Crippen LogP contribution in [0.2, 0.25) is 5.02 Å². The number of rotatable bonds is 9. The lowest BCUT2D eigenvalue weighted by Gasteiger charge is -2.33. The number of ether oxygens (including phenoxy) is 1. The molecule has 1 heterocycles. The summed E-state index contributed by atoms with van der Waals surface area (Å²) >= 11 is 6.27. The van der Waals surface area contributed by atoms with Crippen LogP contribution in [-0.2, 0) is 11.3 Å². The van der Waals surface area contributed by atoms with Gasteiger partial charge < -0.3 is 20.5 Å². The molecule has 0 saturated heterocycles. The first-order chi connectivity index (χ1) is 16.9. The second kappa shape index (κ2) is 11.3. The average Bonchev–Trinajstić information content (AvgIpc) is 2.83. The molecule has 1 aliphatic rings. The Bertz CT molecular complexity index is 1170. The van der Waals surface area contributed by atoms with Gasteiger partial charge in [0, 0.05) is 18.9 Å². The summed E-state index contributed by atoms with van der Waals surface area (Å²) in [5.74, 6) is 0.616. The molecular weight excluding hydrogens is 468 g/mol. The Morgan fingerprint density at radius 1 is 1.14 bits per heavy atom. The molecule has 2 amide bonds. The van der Waals surface area contributed by atoms with E-state index in [4.69, 9.17) is 16.3 Å². The minimum absolute atomic E-state index is 0.115. The molecule has 4 rings (SSSR count). The molecule has 0 aliphatic heterocycles. The van der Waals surface area contributed by atoms with E-state index in [1.165, 1.54) is 18.7 Å². The van der Waals surface area contributed by atoms with Crippen molar-refractivity contribution in [1.29, 1.82) is 0 Å². The smallest absolute Gasteiger partial charge is 0.255 e. The Balaban J connectivity index is 1.34. The SMILES string of the molecule is CC(O)c1ccc(Oc2ccc(CNC(=O)[C@@H](NC(=O)c3cncnc3)C3CCC3)cc2)c(Cl)c1. The Morgan fingerprint density at radius 2 is 1.86 bits per heavy atom. The highest BCUT2D eigenvalue weighted by Crippen LogP contribution is 2.32. The fraction of sp³-hybridized carbons (Fsp3) is 0.308. The number of amides is 2. The van der Waals surface area contributed by atoms with Crippen molar-refractivity contribution >= 4 is 23.4 Å². The van der Waals surface area contributed by atoms with Crippen LogP contribution in [0.5, 0.6) is 11.5 Å². The Kier molecular flexibility index (Phi) is 7.94. The van der Waals surface area contributed by atoms with E-state index >= 15 is 0 Å². The van der Waals surface area contributed by atoms with Crippen molar-refractivity contribution in [3.8, 4) is 11.5 Å². The maximum Gasteiger partial charge on any atom is 0.255 e. The lowest BCUT2D eigenvalue weighted by Crippen LogP contribution is -2.52. The molecule has 3 N–H and O–H groups in total. The molecule has 2 aromatic carbocycles. The van der Waals surface area contributed by atoms with Crippen molar-refractivity contribution in [2.75, 3.05) is 0 Å². The van der Waals surface area contributed by atoms with E-state index in [0.29, 0.717) is 34.2 Å². The number of hydrogen-bond donors (Lipinski definition) is 3. The van der Waals surface area contributed by atoms with Crippen molar-refractivity contribution in [3.05, 3.63) is 82.9 Å². The molecule has 9 heteroatoms. The third-order valence-corrected chi connectivity index (χ3v) is 6.36. The number of aliphatic hydroxyl groups is 1. The first-order valence-electron chi connectivity index (χ1n) is 11.5. The van der Waals surface area contributed by atoms with Gasteiger partial charge in [0.1, 0.15) is 23.9 Å². The van der Waals surface area contributed by atoms with E-state index in [1.54, 1.807) is 37.3 Å². The van der Waals surface area contributed by atoms with Gasteiger partial charge in [-0.05, 0) is 61.1 Å². The number of halogens is 1. The fourth-order valence-electron chi connectivity index (χ4n) is 3.77. The number of benzene rings is 2. The molecule has 1 saturated carbocycles. The van der Waals surface area contributed by atoms with Crippen LogP contribution in [0.15, 0.2) is 61.2 Å². The number of carbonyl (C=O) groups excluding carboxylic acids is 2. The van der Waals surface area contributed by atoms with Crippen LogP contribution in [0.25, 0.3) is 0 Å². The van der Waals surface area contributed by atoms with E-state index in [1.807, 2.05) is 12.1 Å². The number of nitrogens with zero attached hydrogens (tertiary/aromatic N) is 2. The van der Waals surface area contributed by atoms with Gasteiger partial charge in [0.2, 0.25) is 5.91 Å². The van der Waals surface area contributed by atoms with E-state index < -0.39 is 12.1 Å². The maximum absolute atomic E-state index is 12.9. The first-order valence-corrected chi connectivity index (χ1v) is 11.9. The number of aliphatic hydroxyl groups excluding tert-OH is 1. The lowest BCUT2D eigenvalue weighted by molar-refractivity contribution is -0.125. The van der Waals surface area contributed by atoms with Crippen molar-refractivity contribution in [3.63, 3.8) is 0 Å². The van der Waals surface area contributed by atoms with E-state index in [9.17, 15) is 14.7 Å². The second-order valence-corrected chi connectivity index (χ2v) is 9.01. The summed E-state index contributed by atoms with van der Waals surface area (Å²) in [5.41, 5.74) is 1.92. The number of aromatic nitrogens is 2. The monoisotopic (exact) mass is 494 g/mol. The minimum atomic E-state index is -0.611. The third-order valence-electron chi connectivity index (χ3n) is 6.07. The summed E-state index contributed by atoms with van der Waals surface area (Å²) in [7, 11) is 0. The summed E-state index contributed by atoms with van der Waals surface area (Å²) in [4.78, 5) is 33.2. The Hall–Kier alpha value is -3.49. The number of carbonyl (C=O) groups is 2. The lowest BCUT2D eigenvalue weighted by atomic mass is 9.79. The van der Waals surface area contributed by atoms with Crippen LogP contribution in [0.3, 0.4) is 0 Å². The second-order valence-electron chi connectivity index (χ2n) is 8.60. The van der Waals surface area contributed by atoms with Gasteiger partial charge in [-0.25, -0.2) is 9.97 Å². The van der Waals surface area contributed by atoms with Gasteiger partial charge in [-0.1, -0.05) is 36.2 Å². The van der Waals surface area contributed by atoms with Crippen LogP contribution >= 0.6 is 11.6 Å². The number of nitrogens with one attached hydrogen (secondary N) is 2. The highest BCUT2D eigenvalue weighted by atomic mass is 35.5. The topological polar surface area (TPSA) is 113 Å². The molecule has 0 bridgehead atoms. The Labute approximate surface area is 208 Å². The molecule has 35 heavy (non-hydrogen) atoms. The largest absolute Gasteiger partial charge is 0.456 e. The summed E-state index contributed by atoms with van der Waals surface area (Å²) in [6.45, 7) is 1.99. The summed E-state index contributed by atoms with van der Waals surface area (Å²) in [5, 5.41) is 15.9. The van der Waals surface area contributed by atoms with Crippen LogP contribution in [0.1, 0.15) is 53.8 Å². The molecule has 1 unspecified atom stereocenters. The summed E-state index contributed by atoms with van der Waals surface area (Å²) in [6, 6.07) is 11.8. The van der Waals surface area contributed by atoms with Crippen LogP contribution in [0, 0.1) is 5.92 Å². The van der Waals surface area contributed by atoms with Crippen molar-refractivity contribution in [1.82, 2.24) is 20.6 Å².